The molecule has 106 valence electrons. The summed E-state index contributed by atoms with van der Waals surface area (Å²) in [6, 6.07) is 5.88. The second kappa shape index (κ2) is 6.03. The zero-order chi connectivity index (χ0) is 14.6. The lowest BCUT2D eigenvalue weighted by atomic mass is 10.2. The molecular weight excluding hydrogens is 268 g/mol. The van der Waals surface area contributed by atoms with Gasteiger partial charge in [-0.25, -0.2) is 4.79 Å². The molecule has 0 aliphatic rings. The first-order valence-electron chi connectivity index (χ1n) is 5.72. The molecule has 0 spiro atoms. The minimum atomic E-state index is -3.58. The number of nitrogens with one attached hydrogen (secondary N) is 1. The van der Waals surface area contributed by atoms with E-state index >= 15 is 0 Å². The standard InChI is InChI=1S/C12H18N2O4S/c1-9(2)14(3)19(16,17)13-11-7-5-10(6-8-11)12(15)18-4/h5-9,13H,1-4H3. The molecule has 0 saturated carbocycles. The van der Waals surface area contributed by atoms with Crippen molar-refractivity contribution in [2.75, 3.05) is 18.9 Å². The van der Waals surface area contributed by atoms with Crippen molar-refractivity contribution in [2.45, 2.75) is 19.9 Å². The summed E-state index contributed by atoms with van der Waals surface area (Å²) in [6.07, 6.45) is 0. The van der Waals surface area contributed by atoms with Crippen LogP contribution in [-0.2, 0) is 14.9 Å². The normalized spacial score (nSPS) is 11.7. The molecule has 6 nitrogen and oxygen atoms in total. The maximum absolute atomic E-state index is 11.9. The number of methoxy groups -OCH3 is 1. The highest BCUT2D eigenvalue weighted by atomic mass is 32.2. The van der Waals surface area contributed by atoms with Crippen molar-refractivity contribution in [3.63, 3.8) is 0 Å². The van der Waals surface area contributed by atoms with Crippen LogP contribution in [0.4, 0.5) is 5.69 Å². The van der Waals surface area contributed by atoms with Crippen molar-refractivity contribution in [3.8, 4) is 0 Å². The van der Waals surface area contributed by atoms with Crippen LogP contribution in [-0.4, -0.2) is 38.9 Å². The zero-order valence-electron chi connectivity index (χ0n) is 11.4. The first-order chi connectivity index (χ1) is 8.77. The molecule has 1 aromatic rings. The van der Waals surface area contributed by atoms with Gasteiger partial charge in [-0.3, -0.25) is 4.72 Å². The smallest absolute Gasteiger partial charge is 0.337 e. The molecule has 0 amide bonds. The predicted molar refractivity (Wildman–Crippen MR) is 73.2 cm³/mol. The van der Waals surface area contributed by atoms with Gasteiger partial charge < -0.3 is 4.74 Å². The molecule has 0 aliphatic heterocycles. The number of carbonyl (C=O) groups is 1. The molecule has 0 fully saturated rings. The van der Waals surface area contributed by atoms with Crippen molar-refractivity contribution in [3.05, 3.63) is 29.8 Å². The third kappa shape index (κ3) is 3.93. The molecule has 0 unspecified atom stereocenters. The van der Waals surface area contributed by atoms with E-state index < -0.39 is 16.2 Å². The maximum Gasteiger partial charge on any atom is 0.337 e. The summed E-state index contributed by atoms with van der Waals surface area (Å²) in [6.45, 7) is 3.55. The molecule has 0 aromatic heterocycles. The van der Waals surface area contributed by atoms with Crippen LogP contribution in [0.25, 0.3) is 0 Å². The SMILES string of the molecule is COC(=O)c1ccc(NS(=O)(=O)N(C)C(C)C)cc1. The third-order valence-corrected chi connectivity index (χ3v) is 4.33. The van der Waals surface area contributed by atoms with Gasteiger partial charge in [-0.2, -0.15) is 12.7 Å². The number of nitrogens with zero attached hydrogens (tertiary/aromatic N) is 1. The van der Waals surface area contributed by atoms with E-state index in [2.05, 4.69) is 9.46 Å². The molecule has 1 aromatic carbocycles. The van der Waals surface area contributed by atoms with E-state index in [-0.39, 0.29) is 6.04 Å². The minimum Gasteiger partial charge on any atom is -0.465 e. The molecule has 0 atom stereocenters. The number of hydrogen-bond acceptors (Lipinski definition) is 4. The van der Waals surface area contributed by atoms with E-state index in [1.807, 2.05) is 0 Å². The Morgan fingerprint density at radius 1 is 1.26 bits per heavy atom. The fraction of sp³-hybridized carbons (Fsp3) is 0.417. The van der Waals surface area contributed by atoms with Crippen molar-refractivity contribution in [1.82, 2.24) is 4.31 Å². The second-order valence-corrected chi connectivity index (χ2v) is 6.02. The molecule has 0 radical (unpaired) electrons. The van der Waals surface area contributed by atoms with Crippen LogP contribution < -0.4 is 4.72 Å². The van der Waals surface area contributed by atoms with E-state index in [1.54, 1.807) is 13.8 Å². The van der Waals surface area contributed by atoms with Crippen LogP contribution in [0.15, 0.2) is 24.3 Å². The molecule has 0 bridgehead atoms. The van der Waals surface area contributed by atoms with Gasteiger partial charge in [-0.1, -0.05) is 0 Å². The lowest BCUT2D eigenvalue weighted by molar-refractivity contribution is 0.0601. The van der Waals surface area contributed by atoms with Gasteiger partial charge >= 0.3 is 16.2 Å². The van der Waals surface area contributed by atoms with E-state index in [1.165, 1.54) is 42.7 Å². The maximum atomic E-state index is 11.9. The predicted octanol–water partition coefficient (Wildman–Crippen LogP) is 1.47. The van der Waals surface area contributed by atoms with E-state index in [4.69, 9.17) is 0 Å². The topological polar surface area (TPSA) is 75.7 Å². The molecule has 1 N–H and O–H groups in total. The van der Waals surface area contributed by atoms with Gasteiger partial charge in [-0.15, -0.1) is 0 Å². The van der Waals surface area contributed by atoms with Crippen LogP contribution in [0.3, 0.4) is 0 Å². The summed E-state index contributed by atoms with van der Waals surface area (Å²) in [7, 11) is -0.800. The van der Waals surface area contributed by atoms with Gasteiger partial charge in [0.25, 0.3) is 0 Å². The van der Waals surface area contributed by atoms with Crippen LogP contribution in [0, 0.1) is 0 Å². The van der Waals surface area contributed by atoms with E-state index in [9.17, 15) is 13.2 Å². The number of hydrogen-bond donors (Lipinski definition) is 1. The third-order valence-electron chi connectivity index (χ3n) is 2.66. The van der Waals surface area contributed by atoms with Crippen molar-refractivity contribution < 1.29 is 17.9 Å². The Bertz CT molecular complexity index is 537. The second-order valence-electron chi connectivity index (χ2n) is 4.29. The Morgan fingerprint density at radius 2 is 1.79 bits per heavy atom. The fourth-order valence-corrected chi connectivity index (χ4v) is 2.42. The number of ether oxygens (including phenoxy) is 1. The average molecular weight is 286 g/mol. The monoisotopic (exact) mass is 286 g/mol. The van der Waals surface area contributed by atoms with E-state index in [0.717, 1.165) is 0 Å². The van der Waals surface area contributed by atoms with Crippen molar-refractivity contribution >= 4 is 21.9 Å². The van der Waals surface area contributed by atoms with Gasteiger partial charge in [0.2, 0.25) is 0 Å². The molecule has 7 heteroatoms. The summed E-state index contributed by atoms with van der Waals surface area (Å²) in [5.41, 5.74) is 0.753. The van der Waals surface area contributed by atoms with Gasteiger partial charge in [0.15, 0.2) is 0 Å². The van der Waals surface area contributed by atoms with Crippen LogP contribution in [0.1, 0.15) is 24.2 Å². The Hall–Kier alpha value is -1.60. The van der Waals surface area contributed by atoms with Crippen molar-refractivity contribution in [2.24, 2.45) is 0 Å². The lowest BCUT2D eigenvalue weighted by Crippen LogP contribution is -2.37. The number of benzene rings is 1. The summed E-state index contributed by atoms with van der Waals surface area (Å²) in [4.78, 5) is 11.2. The van der Waals surface area contributed by atoms with Gasteiger partial charge in [0.1, 0.15) is 0 Å². The highest BCUT2D eigenvalue weighted by Gasteiger charge is 2.20. The number of anilines is 1. The largest absolute Gasteiger partial charge is 0.465 e. The molecule has 0 heterocycles. The lowest BCUT2D eigenvalue weighted by Gasteiger charge is -2.21. The van der Waals surface area contributed by atoms with Gasteiger partial charge in [0.05, 0.1) is 12.7 Å². The number of carbonyl (C=O) groups excluding carboxylic acids is 1. The summed E-state index contributed by atoms with van der Waals surface area (Å²) >= 11 is 0. The molecule has 0 aliphatic carbocycles. The Morgan fingerprint density at radius 3 is 2.21 bits per heavy atom. The first-order valence-corrected chi connectivity index (χ1v) is 7.16. The van der Waals surface area contributed by atoms with Crippen LogP contribution in [0.2, 0.25) is 0 Å². The molecule has 19 heavy (non-hydrogen) atoms. The quantitative estimate of drug-likeness (QED) is 0.832. The number of rotatable bonds is 5. The van der Waals surface area contributed by atoms with E-state index in [0.29, 0.717) is 11.3 Å². The average Bonchev–Trinajstić information content (AvgIpc) is 2.37. The van der Waals surface area contributed by atoms with Crippen LogP contribution in [0.5, 0.6) is 0 Å². The summed E-state index contributed by atoms with van der Waals surface area (Å²) < 4.78 is 32.1. The van der Waals surface area contributed by atoms with Crippen molar-refractivity contribution in [1.29, 1.82) is 0 Å². The zero-order valence-corrected chi connectivity index (χ0v) is 12.2. The first kappa shape index (κ1) is 15.5. The highest BCUT2D eigenvalue weighted by Crippen LogP contribution is 2.14. The molecule has 0 saturated heterocycles. The molecule has 1 rings (SSSR count). The van der Waals surface area contributed by atoms with Crippen LogP contribution >= 0.6 is 0 Å². The highest BCUT2D eigenvalue weighted by molar-refractivity contribution is 7.90. The van der Waals surface area contributed by atoms with Gasteiger partial charge in [0, 0.05) is 18.8 Å². The Balaban J connectivity index is 2.87. The Labute approximate surface area is 113 Å². The molecular formula is C12H18N2O4S. The Kier molecular flexibility index (Phi) is 4.90. The summed E-state index contributed by atoms with van der Waals surface area (Å²) in [5.74, 6) is -0.464. The van der Waals surface area contributed by atoms with Gasteiger partial charge in [-0.05, 0) is 38.1 Å². The fourth-order valence-electron chi connectivity index (χ4n) is 1.29. The minimum absolute atomic E-state index is 0.146. The number of esters is 1. The summed E-state index contributed by atoms with van der Waals surface area (Å²) in [5, 5.41) is 0.